The summed E-state index contributed by atoms with van der Waals surface area (Å²) in [6, 6.07) is 8.93. The number of ketones is 1. The number of rotatable bonds is 8. The van der Waals surface area contributed by atoms with Crippen LogP contribution in [-0.2, 0) is 13.1 Å². The second-order valence-corrected chi connectivity index (χ2v) is 7.92. The van der Waals surface area contributed by atoms with Crippen LogP contribution in [0.4, 0.5) is 13.2 Å². The first-order valence-electron chi connectivity index (χ1n) is 9.61. The molecular weight excluding hydrogens is 429 g/mol. The molecule has 0 aliphatic heterocycles. The lowest BCUT2D eigenvalue weighted by Crippen LogP contribution is -2.19. The zero-order chi connectivity index (χ0) is 22.8. The van der Waals surface area contributed by atoms with Crippen LogP contribution in [0.3, 0.4) is 0 Å². The summed E-state index contributed by atoms with van der Waals surface area (Å²) >= 11 is 1.22. The molecule has 1 aromatic carbocycles. The van der Waals surface area contributed by atoms with Crippen LogP contribution in [0.5, 0.6) is 5.75 Å². The summed E-state index contributed by atoms with van der Waals surface area (Å²) in [6.45, 7) is 4.54. The number of halogens is 3. The Hall–Kier alpha value is -2.75. The molecule has 166 valence electrons. The van der Waals surface area contributed by atoms with Gasteiger partial charge < -0.3 is 13.9 Å². The van der Waals surface area contributed by atoms with Crippen LogP contribution in [0.1, 0.15) is 28.7 Å². The third-order valence-electron chi connectivity index (χ3n) is 4.93. The maximum absolute atomic E-state index is 12.8. The van der Waals surface area contributed by atoms with E-state index in [2.05, 4.69) is 10.2 Å². The number of Topliss-reactive ketones (excluding diaryl/α,β-unsaturated/α-hetero) is 1. The van der Waals surface area contributed by atoms with Gasteiger partial charge in [-0.05, 0) is 51.1 Å². The minimum Gasteiger partial charge on any atom is -0.497 e. The molecule has 31 heavy (non-hydrogen) atoms. The van der Waals surface area contributed by atoms with E-state index < -0.39 is 12.7 Å². The molecule has 0 unspecified atom stereocenters. The Kier molecular flexibility index (Phi) is 6.78. The molecule has 0 saturated heterocycles. The Morgan fingerprint density at radius 2 is 1.81 bits per heavy atom. The Balaban J connectivity index is 1.76. The zero-order valence-corrected chi connectivity index (χ0v) is 18.5. The van der Waals surface area contributed by atoms with Gasteiger partial charge in [-0.3, -0.25) is 4.79 Å². The highest BCUT2D eigenvalue weighted by Gasteiger charge is 2.30. The number of carbonyl (C=O) groups is 1. The van der Waals surface area contributed by atoms with Gasteiger partial charge >= 0.3 is 6.18 Å². The average molecular weight is 453 g/mol. The van der Waals surface area contributed by atoms with Gasteiger partial charge in [-0.1, -0.05) is 11.8 Å². The number of alkyl halides is 3. The number of nitrogens with zero attached hydrogens (tertiary/aromatic N) is 4. The molecule has 0 aliphatic carbocycles. The summed E-state index contributed by atoms with van der Waals surface area (Å²) in [7, 11) is 1.59. The number of methoxy groups -OCH3 is 1. The van der Waals surface area contributed by atoms with E-state index >= 15 is 0 Å². The third-order valence-corrected chi connectivity index (χ3v) is 5.89. The second-order valence-electron chi connectivity index (χ2n) is 6.98. The smallest absolute Gasteiger partial charge is 0.406 e. The van der Waals surface area contributed by atoms with Gasteiger partial charge in [0.05, 0.1) is 12.9 Å². The van der Waals surface area contributed by atoms with Gasteiger partial charge in [0.15, 0.2) is 16.8 Å². The number of hydrogen-bond acceptors (Lipinski definition) is 5. The molecule has 0 radical (unpaired) electrons. The summed E-state index contributed by atoms with van der Waals surface area (Å²) in [5.41, 5.74) is 1.88. The molecule has 6 nitrogen and oxygen atoms in total. The predicted molar refractivity (Wildman–Crippen MR) is 113 cm³/mol. The molecule has 0 N–H and O–H groups in total. The summed E-state index contributed by atoms with van der Waals surface area (Å²) in [5, 5.41) is 9.03. The van der Waals surface area contributed by atoms with E-state index in [0.29, 0.717) is 34.5 Å². The van der Waals surface area contributed by atoms with Crippen molar-refractivity contribution in [1.82, 2.24) is 19.3 Å². The number of carbonyl (C=O) groups excluding carboxylic acids is 1. The van der Waals surface area contributed by atoms with Crippen molar-refractivity contribution in [3.63, 3.8) is 0 Å². The highest BCUT2D eigenvalue weighted by atomic mass is 32.2. The van der Waals surface area contributed by atoms with E-state index in [1.54, 1.807) is 14.0 Å². The van der Waals surface area contributed by atoms with Crippen molar-refractivity contribution in [3.8, 4) is 17.1 Å². The van der Waals surface area contributed by atoms with E-state index in [1.807, 2.05) is 35.8 Å². The standard InChI is InChI=1S/C21H23F3N4O2S/c1-5-27-19(15-6-8-16(30-4)9-7-15)25-26-20(27)31-11-18(29)17-10-13(2)28(14(17)3)12-21(22,23)24/h6-10H,5,11-12H2,1-4H3. The van der Waals surface area contributed by atoms with Gasteiger partial charge in [-0.15, -0.1) is 10.2 Å². The fourth-order valence-electron chi connectivity index (χ4n) is 3.35. The summed E-state index contributed by atoms with van der Waals surface area (Å²) in [4.78, 5) is 12.7. The van der Waals surface area contributed by atoms with Gasteiger partial charge in [0.2, 0.25) is 0 Å². The lowest BCUT2D eigenvalue weighted by molar-refractivity contribution is -0.141. The molecule has 0 bridgehead atoms. The molecule has 2 aromatic heterocycles. The first kappa shape index (κ1) is 22.9. The molecule has 0 fully saturated rings. The number of ether oxygens (including phenoxy) is 1. The lowest BCUT2D eigenvalue weighted by atomic mass is 10.2. The maximum atomic E-state index is 12.8. The van der Waals surface area contributed by atoms with Crippen molar-refractivity contribution in [2.45, 2.75) is 45.2 Å². The number of hydrogen-bond donors (Lipinski definition) is 0. The van der Waals surface area contributed by atoms with Crippen molar-refractivity contribution in [2.24, 2.45) is 0 Å². The Labute approximate surface area is 182 Å². The van der Waals surface area contributed by atoms with E-state index in [1.165, 1.54) is 24.8 Å². The molecule has 10 heteroatoms. The van der Waals surface area contributed by atoms with Gasteiger partial charge in [0.1, 0.15) is 12.3 Å². The average Bonchev–Trinajstić information content (AvgIpc) is 3.26. The molecule has 3 aromatic rings. The Bertz CT molecular complexity index is 1070. The highest BCUT2D eigenvalue weighted by molar-refractivity contribution is 7.99. The summed E-state index contributed by atoms with van der Waals surface area (Å²) < 4.78 is 46.6. The van der Waals surface area contributed by atoms with Crippen LogP contribution in [-0.4, -0.2) is 44.2 Å². The van der Waals surface area contributed by atoms with Crippen molar-refractivity contribution in [2.75, 3.05) is 12.9 Å². The van der Waals surface area contributed by atoms with Gasteiger partial charge in [-0.25, -0.2) is 0 Å². The summed E-state index contributed by atoms with van der Waals surface area (Å²) in [5.74, 6) is 1.21. The van der Waals surface area contributed by atoms with E-state index in [4.69, 9.17) is 4.74 Å². The molecule has 0 saturated carbocycles. The number of aromatic nitrogens is 4. The molecule has 0 atom stereocenters. The monoisotopic (exact) mass is 452 g/mol. The van der Waals surface area contributed by atoms with Crippen LogP contribution >= 0.6 is 11.8 Å². The Morgan fingerprint density at radius 3 is 2.39 bits per heavy atom. The quantitative estimate of drug-likeness (QED) is 0.358. The molecule has 0 aliphatic rings. The van der Waals surface area contributed by atoms with Crippen LogP contribution in [0, 0.1) is 13.8 Å². The lowest BCUT2D eigenvalue weighted by Gasteiger charge is -2.12. The maximum Gasteiger partial charge on any atom is 0.406 e. The highest BCUT2D eigenvalue weighted by Crippen LogP contribution is 2.28. The minimum absolute atomic E-state index is 0.0526. The molecule has 2 heterocycles. The number of benzene rings is 1. The summed E-state index contributed by atoms with van der Waals surface area (Å²) in [6.07, 6.45) is -4.35. The van der Waals surface area contributed by atoms with Crippen LogP contribution < -0.4 is 4.74 Å². The van der Waals surface area contributed by atoms with Crippen LogP contribution in [0.15, 0.2) is 35.5 Å². The topological polar surface area (TPSA) is 61.9 Å². The minimum atomic E-state index is -4.35. The van der Waals surface area contributed by atoms with Crippen molar-refractivity contribution < 1.29 is 22.7 Å². The molecule has 0 amide bonds. The number of thioether (sulfide) groups is 1. The normalized spacial score (nSPS) is 11.7. The predicted octanol–water partition coefficient (Wildman–Crippen LogP) is 4.93. The van der Waals surface area contributed by atoms with Gasteiger partial charge in [-0.2, -0.15) is 13.2 Å². The van der Waals surface area contributed by atoms with Crippen LogP contribution in [0.25, 0.3) is 11.4 Å². The van der Waals surface area contributed by atoms with E-state index in [-0.39, 0.29) is 11.5 Å². The van der Waals surface area contributed by atoms with E-state index in [9.17, 15) is 18.0 Å². The van der Waals surface area contributed by atoms with Crippen molar-refractivity contribution in [3.05, 3.63) is 47.3 Å². The Morgan fingerprint density at radius 1 is 1.13 bits per heavy atom. The molecule has 0 spiro atoms. The third kappa shape index (κ3) is 5.12. The van der Waals surface area contributed by atoms with E-state index in [0.717, 1.165) is 15.9 Å². The number of aryl methyl sites for hydroxylation is 1. The fraction of sp³-hybridized carbons (Fsp3) is 0.381. The fourth-order valence-corrected chi connectivity index (χ4v) is 4.23. The molecule has 3 rings (SSSR count). The first-order chi connectivity index (χ1) is 14.6. The van der Waals surface area contributed by atoms with Crippen LogP contribution in [0.2, 0.25) is 0 Å². The zero-order valence-electron chi connectivity index (χ0n) is 17.7. The second kappa shape index (κ2) is 9.17. The van der Waals surface area contributed by atoms with Crippen molar-refractivity contribution in [1.29, 1.82) is 0 Å². The van der Waals surface area contributed by atoms with Crippen molar-refractivity contribution >= 4 is 17.5 Å². The largest absolute Gasteiger partial charge is 0.497 e. The first-order valence-corrected chi connectivity index (χ1v) is 10.6. The van der Waals surface area contributed by atoms with Gasteiger partial charge in [0, 0.05) is 29.1 Å². The molecular formula is C21H23F3N4O2S. The SMILES string of the molecule is CCn1c(SCC(=O)c2cc(C)n(CC(F)(F)F)c2C)nnc1-c1ccc(OC)cc1. The van der Waals surface area contributed by atoms with Gasteiger partial charge in [0.25, 0.3) is 0 Å².